The Morgan fingerprint density at radius 3 is 2.25 bits per heavy atom. The van der Waals surface area contributed by atoms with Crippen LogP contribution in [0.25, 0.3) is 11.1 Å². The molecule has 0 aliphatic carbocycles. The first-order valence-corrected chi connectivity index (χ1v) is 13.1. The summed E-state index contributed by atoms with van der Waals surface area (Å²) in [5.41, 5.74) is 3.07. The molecule has 196 valence electrons. The molecular formula is C27H37BrN4O4. The molecule has 0 bridgehead atoms. The Hall–Kier alpha value is -2.81. The molecule has 1 fully saturated rings. The Morgan fingerprint density at radius 1 is 1.03 bits per heavy atom. The number of hydrogen-bond acceptors (Lipinski definition) is 6. The molecule has 2 amide bonds. The van der Waals surface area contributed by atoms with Crippen LogP contribution in [-0.4, -0.2) is 59.5 Å². The van der Waals surface area contributed by atoms with Crippen molar-refractivity contribution in [3.63, 3.8) is 0 Å². The van der Waals surface area contributed by atoms with Gasteiger partial charge in [-0.15, -0.1) is 0 Å². The van der Waals surface area contributed by atoms with Crippen molar-refractivity contribution >= 4 is 39.6 Å². The highest BCUT2D eigenvalue weighted by Crippen LogP contribution is 2.35. The second-order valence-corrected chi connectivity index (χ2v) is 11.6. The molecule has 0 unspecified atom stereocenters. The maximum atomic E-state index is 12.4. The van der Waals surface area contributed by atoms with Crippen LogP contribution in [0, 0.1) is 0 Å². The minimum absolute atomic E-state index is 0.264. The quantitative estimate of drug-likeness (QED) is 0.460. The molecule has 2 heterocycles. The van der Waals surface area contributed by atoms with Gasteiger partial charge in [-0.1, -0.05) is 19.1 Å². The first-order valence-electron chi connectivity index (χ1n) is 12.3. The molecule has 1 N–H and O–H groups in total. The van der Waals surface area contributed by atoms with E-state index in [9.17, 15) is 9.59 Å². The number of nitrogens with one attached hydrogen (secondary N) is 1. The summed E-state index contributed by atoms with van der Waals surface area (Å²) in [4.78, 5) is 33.2. The number of halogens is 1. The van der Waals surface area contributed by atoms with Crippen molar-refractivity contribution in [2.45, 2.75) is 66.1 Å². The molecule has 1 aromatic heterocycles. The van der Waals surface area contributed by atoms with Crippen molar-refractivity contribution in [2.75, 3.05) is 36.4 Å². The van der Waals surface area contributed by atoms with Crippen LogP contribution >= 0.6 is 15.9 Å². The predicted molar refractivity (Wildman–Crippen MR) is 147 cm³/mol. The number of aromatic nitrogens is 1. The molecule has 0 saturated carbocycles. The number of nitrogens with zero attached hydrogens (tertiary/aromatic N) is 3. The van der Waals surface area contributed by atoms with Gasteiger partial charge < -0.3 is 19.3 Å². The van der Waals surface area contributed by atoms with E-state index in [0.717, 1.165) is 46.4 Å². The number of carbonyl (C=O) groups is 2. The summed E-state index contributed by atoms with van der Waals surface area (Å²) in [6.07, 6.45) is 1.73. The van der Waals surface area contributed by atoms with Crippen molar-refractivity contribution in [1.82, 2.24) is 9.88 Å². The predicted octanol–water partition coefficient (Wildman–Crippen LogP) is 6.48. The van der Waals surface area contributed by atoms with Gasteiger partial charge in [-0.25, -0.2) is 14.6 Å². The van der Waals surface area contributed by atoms with E-state index in [0.29, 0.717) is 18.9 Å². The average Bonchev–Trinajstić information content (AvgIpc) is 2.78. The summed E-state index contributed by atoms with van der Waals surface area (Å²) < 4.78 is 11.6. The van der Waals surface area contributed by atoms with E-state index in [1.54, 1.807) is 11.1 Å². The van der Waals surface area contributed by atoms with Gasteiger partial charge in [-0.2, -0.15) is 0 Å². The smallest absolute Gasteiger partial charge is 0.413 e. The van der Waals surface area contributed by atoms with E-state index in [2.05, 4.69) is 56.3 Å². The van der Waals surface area contributed by atoms with Crippen LogP contribution in [-0.2, 0) is 15.9 Å². The minimum Gasteiger partial charge on any atom is -0.444 e. The Morgan fingerprint density at radius 2 is 1.67 bits per heavy atom. The molecule has 2 aromatic rings. The third kappa shape index (κ3) is 7.35. The van der Waals surface area contributed by atoms with E-state index < -0.39 is 17.3 Å². The number of ether oxygens (including phenoxy) is 2. The average molecular weight is 562 g/mol. The lowest BCUT2D eigenvalue weighted by atomic mass is 9.99. The second kappa shape index (κ2) is 11.1. The fourth-order valence-electron chi connectivity index (χ4n) is 3.95. The van der Waals surface area contributed by atoms with Gasteiger partial charge >= 0.3 is 12.2 Å². The molecule has 8 nitrogen and oxygen atoms in total. The summed E-state index contributed by atoms with van der Waals surface area (Å²) in [6.45, 7) is 15.8. The van der Waals surface area contributed by atoms with Crippen molar-refractivity contribution in [2.24, 2.45) is 0 Å². The highest BCUT2D eigenvalue weighted by Gasteiger charge is 2.26. The largest absolute Gasteiger partial charge is 0.444 e. The van der Waals surface area contributed by atoms with E-state index in [1.807, 2.05) is 47.6 Å². The Balaban J connectivity index is 1.76. The van der Waals surface area contributed by atoms with E-state index in [-0.39, 0.29) is 6.09 Å². The number of pyridine rings is 1. The Labute approximate surface area is 222 Å². The zero-order chi connectivity index (χ0) is 26.7. The Kier molecular flexibility index (Phi) is 8.54. The SMILES string of the molecule is CCc1c(-c2cccc(N3CCN(C(=O)OC(C)(C)C)CC3)c2)cnc(NC(=O)OC(C)(C)C)c1Br. The number of anilines is 2. The topological polar surface area (TPSA) is 84.0 Å². The van der Waals surface area contributed by atoms with E-state index in [1.165, 1.54) is 0 Å². The number of rotatable bonds is 4. The first-order chi connectivity index (χ1) is 16.8. The fraction of sp³-hybridized carbons (Fsp3) is 0.519. The molecule has 1 aromatic carbocycles. The lowest BCUT2D eigenvalue weighted by Gasteiger charge is -2.37. The molecular weight excluding hydrogens is 524 g/mol. The third-order valence-corrected chi connectivity index (χ3v) is 6.40. The number of piperazine rings is 1. The van der Waals surface area contributed by atoms with Gasteiger partial charge in [0, 0.05) is 43.6 Å². The molecule has 0 atom stereocenters. The lowest BCUT2D eigenvalue weighted by Crippen LogP contribution is -2.50. The van der Waals surface area contributed by atoms with E-state index in [4.69, 9.17) is 9.47 Å². The molecule has 1 aliphatic heterocycles. The van der Waals surface area contributed by atoms with Gasteiger partial charge in [0.15, 0.2) is 0 Å². The Bertz CT molecular complexity index is 1100. The maximum absolute atomic E-state index is 12.4. The fourth-order valence-corrected chi connectivity index (χ4v) is 4.65. The number of benzene rings is 1. The van der Waals surface area contributed by atoms with Gasteiger partial charge in [0.05, 0.1) is 4.47 Å². The molecule has 36 heavy (non-hydrogen) atoms. The van der Waals surface area contributed by atoms with Crippen molar-refractivity contribution in [1.29, 1.82) is 0 Å². The van der Waals surface area contributed by atoms with Gasteiger partial charge in [0.1, 0.15) is 17.0 Å². The summed E-state index contributed by atoms with van der Waals surface area (Å²) in [6, 6.07) is 8.32. The molecule has 1 saturated heterocycles. The minimum atomic E-state index is -0.594. The third-order valence-electron chi connectivity index (χ3n) is 5.55. The van der Waals surface area contributed by atoms with Crippen LogP contribution in [0.4, 0.5) is 21.1 Å². The zero-order valence-corrected chi connectivity index (χ0v) is 23.9. The van der Waals surface area contributed by atoms with E-state index >= 15 is 0 Å². The molecule has 1 aliphatic rings. The maximum Gasteiger partial charge on any atom is 0.413 e. The summed E-state index contributed by atoms with van der Waals surface area (Å²) in [5, 5.41) is 2.74. The second-order valence-electron chi connectivity index (χ2n) is 10.8. The zero-order valence-electron chi connectivity index (χ0n) is 22.3. The van der Waals surface area contributed by atoms with Crippen LogP contribution in [0.1, 0.15) is 54.0 Å². The van der Waals surface area contributed by atoms with Crippen LogP contribution in [0.5, 0.6) is 0 Å². The first kappa shape index (κ1) is 27.8. The molecule has 3 rings (SSSR count). The summed E-state index contributed by atoms with van der Waals surface area (Å²) >= 11 is 3.64. The van der Waals surface area contributed by atoms with Crippen molar-refractivity contribution in [3.8, 4) is 11.1 Å². The molecule has 0 spiro atoms. The lowest BCUT2D eigenvalue weighted by molar-refractivity contribution is 0.0240. The van der Waals surface area contributed by atoms with Crippen LogP contribution in [0.15, 0.2) is 34.9 Å². The molecule has 0 radical (unpaired) electrons. The highest BCUT2D eigenvalue weighted by atomic mass is 79.9. The summed E-state index contributed by atoms with van der Waals surface area (Å²) in [7, 11) is 0. The highest BCUT2D eigenvalue weighted by molar-refractivity contribution is 9.10. The summed E-state index contributed by atoms with van der Waals surface area (Å²) in [5.74, 6) is 0.430. The monoisotopic (exact) mass is 560 g/mol. The van der Waals surface area contributed by atoms with Crippen LogP contribution < -0.4 is 10.2 Å². The van der Waals surface area contributed by atoms with Crippen molar-refractivity contribution < 1.29 is 19.1 Å². The number of hydrogen-bond donors (Lipinski definition) is 1. The molecule has 9 heteroatoms. The standard InChI is InChI=1S/C27H37BrN4O4/c1-8-20-21(17-29-23(22(20)28)30-24(33)35-26(2,3)4)18-10-9-11-19(16-18)31-12-14-32(15-13-31)25(34)36-27(5,6)7/h9-11,16-17H,8,12-15H2,1-7H3,(H,29,30,33). The van der Waals surface area contributed by atoms with Gasteiger partial charge in [0.25, 0.3) is 0 Å². The number of amides is 2. The van der Waals surface area contributed by atoms with Gasteiger partial charge in [-0.3, -0.25) is 5.32 Å². The van der Waals surface area contributed by atoms with Gasteiger partial charge in [-0.05, 0) is 87.2 Å². The van der Waals surface area contributed by atoms with Gasteiger partial charge in [0.2, 0.25) is 0 Å². The van der Waals surface area contributed by atoms with Crippen molar-refractivity contribution in [3.05, 3.63) is 40.5 Å². The van der Waals surface area contributed by atoms with Crippen LogP contribution in [0.3, 0.4) is 0 Å². The normalized spacial score (nSPS) is 14.4. The van der Waals surface area contributed by atoms with Crippen LogP contribution in [0.2, 0.25) is 0 Å². The number of carbonyl (C=O) groups excluding carboxylic acids is 2.